The van der Waals surface area contributed by atoms with Gasteiger partial charge in [0, 0.05) is 34.1 Å². The first-order chi connectivity index (χ1) is 25.4. The van der Waals surface area contributed by atoms with Crippen LogP contribution in [0.3, 0.4) is 0 Å². The molecule has 0 radical (unpaired) electrons. The van der Waals surface area contributed by atoms with Gasteiger partial charge in [-0.05, 0) is 128 Å². The molecule has 0 aliphatic rings. The van der Waals surface area contributed by atoms with Crippen molar-refractivity contribution in [2.45, 2.75) is 27.7 Å². The van der Waals surface area contributed by atoms with Crippen LogP contribution in [0.25, 0.3) is 29.4 Å². The summed E-state index contributed by atoms with van der Waals surface area (Å²) in [4.78, 5) is 4.64. The van der Waals surface area contributed by atoms with E-state index < -0.39 is 0 Å². The number of allylic oxidation sites excluding steroid dienone is 1. The molecule has 0 atom stereocenters. The Morgan fingerprint density at radius 1 is 0.327 bits per heavy atom. The van der Waals surface area contributed by atoms with Crippen molar-refractivity contribution in [2.75, 3.05) is 9.80 Å². The minimum Gasteiger partial charge on any atom is -0.311 e. The molecule has 0 spiro atoms. The van der Waals surface area contributed by atoms with Gasteiger partial charge in [0.05, 0.1) is 0 Å². The standard InChI is InChI=1S/C50H44N2/c1-5-7-40-16-28-47(29-17-40)51(45-24-10-37(2)11-25-45)49-32-20-43(21-33-49)44-22-34-50(35-23-44)52(46-26-12-38(3)13-27-46)48-30-18-41(19-31-48)14-15-42-9-6-8-39(4)36-42/h5-36H,1-4H3. The average molecular weight is 673 g/mol. The van der Waals surface area contributed by atoms with Crippen LogP contribution in [0.4, 0.5) is 34.1 Å². The van der Waals surface area contributed by atoms with Crippen LogP contribution < -0.4 is 9.80 Å². The number of rotatable bonds is 10. The molecule has 0 saturated carbocycles. The van der Waals surface area contributed by atoms with Crippen LogP contribution in [0.15, 0.2) is 176 Å². The number of hydrogen-bond donors (Lipinski definition) is 0. The topological polar surface area (TPSA) is 6.48 Å². The molecule has 7 aromatic carbocycles. The second-order valence-electron chi connectivity index (χ2n) is 13.4. The van der Waals surface area contributed by atoms with Crippen molar-refractivity contribution in [1.29, 1.82) is 0 Å². The minimum absolute atomic E-state index is 1.11. The Hall–Kier alpha value is -6.38. The number of benzene rings is 7. The summed E-state index contributed by atoms with van der Waals surface area (Å²) in [6.45, 7) is 8.43. The zero-order valence-corrected chi connectivity index (χ0v) is 30.4. The maximum atomic E-state index is 2.32. The molecule has 0 aromatic heterocycles. The summed E-state index contributed by atoms with van der Waals surface area (Å²) in [5, 5.41) is 0. The lowest BCUT2D eigenvalue weighted by Gasteiger charge is -2.26. The van der Waals surface area contributed by atoms with Gasteiger partial charge in [0.25, 0.3) is 0 Å². The first-order valence-corrected chi connectivity index (χ1v) is 18.0. The van der Waals surface area contributed by atoms with Crippen LogP contribution in [-0.2, 0) is 0 Å². The van der Waals surface area contributed by atoms with Crippen molar-refractivity contribution >= 4 is 52.4 Å². The lowest BCUT2D eigenvalue weighted by molar-refractivity contribution is 1.27. The Balaban J connectivity index is 1.16. The predicted octanol–water partition coefficient (Wildman–Crippen LogP) is 14.4. The van der Waals surface area contributed by atoms with Crippen molar-refractivity contribution in [1.82, 2.24) is 0 Å². The van der Waals surface area contributed by atoms with E-state index in [0.717, 1.165) is 34.1 Å². The third kappa shape index (κ3) is 7.98. The molecule has 0 aliphatic carbocycles. The molecule has 0 saturated heterocycles. The summed E-state index contributed by atoms with van der Waals surface area (Å²) in [6.07, 6.45) is 8.55. The zero-order valence-electron chi connectivity index (χ0n) is 30.4. The Morgan fingerprint density at radius 3 is 1.06 bits per heavy atom. The number of hydrogen-bond acceptors (Lipinski definition) is 2. The normalized spacial score (nSPS) is 11.3. The minimum atomic E-state index is 1.11. The smallest absolute Gasteiger partial charge is 0.0462 e. The third-order valence-electron chi connectivity index (χ3n) is 9.34. The second kappa shape index (κ2) is 15.7. The van der Waals surface area contributed by atoms with E-state index in [-0.39, 0.29) is 0 Å². The van der Waals surface area contributed by atoms with Crippen molar-refractivity contribution in [3.63, 3.8) is 0 Å². The summed E-state index contributed by atoms with van der Waals surface area (Å²) in [6, 6.07) is 61.3. The molecule has 0 N–H and O–H groups in total. The highest BCUT2D eigenvalue weighted by Crippen LogP contribution is 2.38. The molecule has 254 valence electrons. The highest BCUT2D eigenvalue weighted by Gasteiger charge is 2.15. The van der Waals surface area contributed by atoms with Crippen LogP contribution in [-0.4, -0.2) is 0 Å². The van der Waals surface area contributed by atoms with Crippen molar-refractivity contribution in [2.24, 2.45) is 0 Å². The monoisotopic (exact) mass is 672 g/mol. The fourth-order valence-electron chi connectivity index (χ4n) is 6.52. The van der Waals surface area contributed by atoms with E-state index in [1.165, 1.54) is 44.5 Å². The largest absolute Gasteiger partial charge is 0.311 e. The lowest BCUT2D eigenvalue weighted by atomic mass is 10.0. The van der Waals surface area contributed by atoms with Gasteiger partial charge in [-0.1, -0.05) is 138 Å². The second-order valence-corrected chi connectivity index (χ2v) is 13.4. The van der Waals surface area contributed by atoms with E-state index in [1.54, 1.807) is 0 Å². The van der Waals surface area contributed by atoms with E-state index >= 15 is 0 Å². The molecule has 0 aliphatic heterocycles. The van der Waals surface area contributed by atoms with Gasteiger partial charge in [0.1, 0.15) is 0 Å². The molecule has 7 aromatic rings. The van der Waals surface area contributed by atoms with Gasteiger partial charge in [-0.25, -0.2) is 0 Å². The van der Waals surface area contributed by atoms with Crippen molar-refractivity contribution in [3.8, 4) is 11.1 Å². The molecule has 0 fully saturated rings. The molecule has 2 nitrogen and oxygen atoms in total. The van der Waals surface area contributed by atoms with Gasteiger partial charge in [-0.15, -0.1) is 0 Å². The van der Waals surface area contributed by atoms with Crippen molar-refractivity contribution < 1.29 is 0 Å². The first kappa shape index (κ1) is 34.1. The molecule has 0 unspecified atom stereocenters. The molecular weight excluding hydrogens is 629 g/mol. The molecule has 2 heteroatoms. The van der Waals surface area contributed by atoms with E-state index in [4.69, 9.17) is 0 Å². The maximum Gasteiger partial charge on any atom is 0.0462 e. The lowest BCUT2D eigenvalue weighted by Crippen LogP contribution is -2.10. The number of nitrogens with zero attached hydrogens (tertiary/aromatic N) is 2. The molecule has 0 amide bonds. The Bertz CT molecular complexity index is 2280. The number of aryl methyl sites for hydroxylation is 3. The number of anilines is 6. The van der Waals surface area contributed by atoms with Crippen LogP contribution in [0.5, 0.6) is 0 Å². The summed E-state index contributed by atoms with van der Waals surface area (Å²) >= 11 is 0. The van der Waals surface area contributed by atoms with E-state index in [1.807, 2.05) is 6.92 Å². The van der Waals surface area contributed by atoms with Crippen LogP contribution in [0, 0.1) is 20.8 Å². The summed E-state index contributed by atoms with van der Waals surface area (Å²) < 4.78 is 0. The molecule has 0 heterocycles. The van der Waals surface area contributed by atoms with Crippen LogP contribution in [0.1, 0.15) is 40.3 Å². The van der Waals surface area contributed by atoms with Gasteiger partial charge in [0.15, 0.2) is 0 Å². The van der Waals surface area contributed by atoms with E-state index in [9.17, 15) is 0 Å². The van der Waals surface area contributed by atoms with Gasteiger partial charge >= 0.3 is 0 Å². The van der Waals surface area contributed by atoms with Crippen LogP contribution >= 0.6 is 0 Å². The fourth-order valence-corrected chi connectivity index (χ4v) is 6.52. The van der Waals surface area contributed by atoms with Gasteiger partial charge in [-0.3, -0.25) is 0 Å². The summed E-state index contributed by atoms with van der Waals surface area (Å²) in [7, 11) is 0. The SMILES string of the molecule is CC=Cc1ccc(N(c2ccc(C)cc2)c2ccc(-c3ccc(N(c4ccc(C)cc4)c4ccc(C=Cc5cccc(C)c5)cc4)cc3)cc2)cc1. The molecule has 0 bridgehead atoms. The Kier molecular flexibility index (Phi) is 10.3. The van der Waals surface area contributed by atoms with E-state index in [0.29, 0.717) is 0 Å². The van der Waals surface area contributed by atoms with E-state index in [2.05, 4.69) is 225 Å². The highest BCUT2D eigenvalue weighted by atomic mass is 15.1. The summed E-state index contributed by atoms with van der Waals surface area (Å²) in [5.41, 5.74) is 16.4. The summed E-state index contributed by atoms with van der Waals surface area (Å²) in [5.74, 6) is 0. The highest BCUT2D eigenvalue weighted by molar-refractivity contribution is 5.82. The molecule has 7 rings (SSSR count). The Labute approximate surface area is 309 Å². The van der Waals surface area contributed by atoms with Gasteiger partial charge in [0.2, 0.25) is 0 Å². The average Bonchev–Trinajstić information content (AvgIpc) is 3.18. The van der Waals surface area contributed by atoms with Gasteiger partial charge < -0.3 is 9.80 Å². The van der Waals surface area contributed by atoms with Crippen LogP contribution in [0.2, 0.25) is 0 Å². The first-order valence-electron chi connectivity index (χ1n) is 18.0. The fraction of sp³-hybridized carbons (Fsp3) is 0.0800. The maximum absolute atomic E-state index is 2.32. The quantitative estimate of drug-likeness (QED) is 0.133. The predicted molar refractivity (Wildman–Crippen MR) is 226 cm³/mol. The third-order valence-corrected chi connectivity index (χ3v) is 9.34. The Morgan fingerprint density at radius 2 is 0.673 bits per heavy atom. The van der Waals surface area contributed by atoms with Gasteiger partial charge in [-0.2, -0.15) is 0 Å². The zero-order chi connectivity index (χ0) is 35.9. The molecule has 52 heavy (non-hydrogen) atoms. The van der Waals surface area contributed by atoms with Crippen molar-refractivity contribution in [3.05, 3.63) is 209 Å². The molecular formula is C50H44N2.